The smallest absolute Gasteiger partial charge is 0.251 e. The maximum Gasteiger partial charge on any atom is 0.251 e. The first kappa shape index (κ1) is 25.9. The Morgan fingerprint density at radius 3 is 2.36 bits per heavy atom. The molecule has 0 spiro atoms. The van der Waals surface area contributed by atoms with Gasteiger partial charge in [-0.15, -0.1) is 0 Å². The van der Waals surface area contributed by atoms with Gasteiger partial charge in [-0.3, -0.25) is 4.79 Å². The molecule has 1 aromatic carbocycles. The number of amides is 1. The molecule has 2 aromatic heterocycles. The van der Waals surface area contributed by atoms with Crippen molar-refractivity contribution in [2.45, 2.75) is 50.1 Å². The summed E-state index contributed by atoms with van der Waals surface area (Å²) in [4.78, 5) is 24.9. The van der Waals surface area contributed by atoms with Crippen LogP contribution in [0.2, 0.25) is 0 Å². The zero-order valence-corrected chi connectivity index (χ0v) is 22.4. The number of rotatable bonds is 10. The average molecular weight is 515 g/mol. The normalized spacial score (nSPS) is 13.8. The van der Waals surface area contributed by atoms with Crippen LogP contribution in [0.3, 0.4) is 0 Å². The van der Waals surface area contributed by atoms with E-state index in [-0.39, 0.29) is 5.91 Å². The van der Waals surface area contributed by atoms with Crippen molar-refractivity contribution in [3.05, 3.63) is 23.9 Å². The van der Waals surface area contributed by atoms with Gasteiger partial charge >= 0.3 is 0 Å². The lowest BCUT2D eigenvalue weighted by molar-refractivity contribution is 0.0951. The van der Waals surface area contributed by atoms with Gasteiger partial charge in [0.05, 0.1) is 39.5 Å². The van der Waals surface area contributed by atoms with Gasteiger partial charge in [0.2, 0.25) is 5.75 Å². The molecular weight excluding hydrogens is 480 g/mol. The fraction of sp³-hybridized carbons (Fsp3) is 0.520. The van der Waals surface area contributed by atoms with Gasteiger partial charge in [0, 0.05) is 30.4 Å². The molecule has 1 amide bonds. The summed E-state index contributed by atoms with van der Waals surface area (Å²) in [6.45, 7) is 7.11. The minimum absolute atomic E-state index is 0.245. The third-order valence-electron chi connectivity index (χ3n) is 5.99. The van der Waals surface area contributed by atoms with E-state index in [1.807, 2.05) is 10.9 Å². The van der Waals surface area contributed by atoms with Crippen molar-refractivity contribution in [3.8, 4) is 17.2 Å². The van der Waals surface area contributed by atoms with Gasteiger partial charge in [-0.25, -0.2) is 14.6 Å². The number of nitrogens with one attached hydrogen (secondary N) is 1. The second-order valence-electron chi connectivity index (χ2n) is 8.82. The Kier molecular flexibility index (Phi) is 8.40. The van der Waals surface area contributed by atoms with Crippen LogP contribution in [0.15, 0.2) is 23.5 Å². The molecule has 3 heterocycles. The second kappa shape index (κ2) is 11.7. The van der Waals surface area contributed by atoms with E-state index in [9.17, 15) is 4.79 Å². The number of anilines is 1. The summed E-state index contributed by atoms with van der Waals surface area (Å²) in [5.74, 6) is 2.01. The molecular formula is C25H34N6O4S. The van der Waals surface area contributed by atoms with Gasteiger partial charge in [-0.05, 0) is 31.4 Å². The first-order valence-corrected chi connectivity index (χ1v) is 13.1. The van der Waals surface area contributed by atoms with Crippen LogP contribution in [0.5, 0.6) is 17.2 Å². The number of piperidine rings is 1. The number of hydrogen-bond donors (Lipinski definition) is 1. The lowest BCUT2D eigenvalue weighted by Gasteiger charge is -2.28. The monoisotopic (exact) mass is 514 g/mol. The van der Waals surface area contributed by atoms with Crippen molar-refractivity contribution in [1.82, 2.24) is 25.1 Å². The van der Waals surface area contributed by atoms with Gasteiger partial charge in [-0.1, -0.05) is 25.6 Å². The summed E-state index contributed by atoms with van der Waals surface area (Å²) in [6.07, 6.45) is 5.42. The molecule has 11 heteroatoms. The van der Waals surface area contributed by atoms with E-state index in [0.717, 1.165) is 35.1 Å². The number of benzene rings is 1. The summed E-state index contributed by atoms with van der Waals surface area (Å²) in [7, 11) is 4.57. The lowest BCUT2D eigenvalue weighted by atomic mass is 10.1. The summed E-state index contributed by atoms with van der Waals surface area (Å²) in [6, 6.07) is 3.26. The van der Waals surface area contributed by atoms with E-state index >= 15 is 0 Å². The Balaban J connectivity index is 1.53. The lowest BCUT2D eigenvalue weighted by Crippen LogP contribution is -2.30. The zero-order chi connectivity index (χ0) is 25.7. The standard InChI is InChI=1S/C25H34N6O4S/c1-16(2)36-25-28-22(30-10-7-6-8-11-30)18-15-27-31(23(18)29-25)12-9-26-24(32)17-13-19(33-3)21(35-5)20(14-17)34-4/h13-16H,6-12H2,1-5H3,(H,26,32). The molecule has 1 fully saturated rings. The topological polar surface area (TPSA) is 104 Å². The molecule has 1 saturated heterocycles. The summed E-state index contributed by atoms with van der Waals surface area (Å²) in [5.41, 5.74) is 1.20. The zero-order valence-electron chi connectivity index (χ0n) is 21.5. The van der Waals surface area contributed by atoms with E-state index in [1.165, 1.54) is 40.6 Å². The van der Waals surface area contributed by atoms with E-state index < -0.39 is 0 Å². The van der Waals surface area contributed by atoms with Crippen molar-refractivity contribution in [2.75, 3.05) is 45.9 Å². The Morgan fingerprint density at radius 2 is 1.75 bits per heavy atom. The number of methoxy groups -OCH3 is 3. The van der Waals surface area contributed by atoms with Crippen LogP contribution in [0, 0.1) is 0 Å². The van der Waals surface area contributed by atoms with E-state index in [0.29, 0.717) is 41.2 Å². The highest BCUT2D eigenvalue weighted by atomic mass is 32.2. The number of hydrogen-bond acceptors (Lipinski definition) is 9. The number of carbonyl (C=O) groups excluding carboxylic acids is 1. The first-order valence-electron chi connectivity index (χ1n) is 12.2. The van der Waals surface area contributed by atoms with E-state index in [1.54, 1.807) is 23.9 Å². The second-order valence-corrected chi connectivity index (χ2v) is 10.4. The predicted molar refractivity (Wildman–Crippen MR) is 141 cm³/mol. The highest BCUT2D eigenvalue weighted by Crippen LogP contribution is 2.38. The van der Waals surface area contributed by atoms with E-state index in [2.05, 4.69) is 29.2 Å². The number of nitrogens with zero attached hydrogens (tertiary/aromatic N) is 5. The van der Waals surface area contributed by atoms with Crippen molar-refractivity contribution >= 4 is 34.5 Å². The van der Waals surface area contributed by atoms with Crippen LogP contribution in [-0.4, -0.2) is 71.9 Å². The maximum absolute atomic E-state index is 12.9. The molecule has 1 aliphatic heterocycles. The highest BCUT2D eigenvalue weighted by Gasteiger charge is 2.21. The molecule has 1 aliphatic rings. The number of ether oxygens (including phenoxy) is 3. The van der Waals surface area contributed by atoms with Crippen molar-refractivity contribution < 1.29 is 19.0 Å². The largest absolute Gasteiger partial charge is 0.493 e. The molecule has 4 rings (SSSR count). The minimum Gasteiger partial charge on any atom is -0.493 e. The van der Waals surface area contributed by atoms with Crippen molar-refractivity contribution in [3.63, 3.8) is 0 Å². The fourth-order valence-corrected chi connectivity index (χ4v) is 4.98. The Hall–Kier alpha value is -3.21. The van der Waals surface area contributed by atoms with E-state index in [4.69, 9.17) is 24.2 Å². The highest BCUT2D eigenvalue weighted by molar-refractivity contribution is 7.99. The van der Waals surface area contributed by atoms with Gasteiger partial charge < -0.3 is 24.4 Å². The van der Waals surface area contributed by atoms with Gasteiger partial charge in [-0.2, -0.15) is 5.10 Å². The van der Waals surface area contributed by atoms with Crippen LogP contribution in [0.1, 0.15) is 43.5 Å². The van der Waals surface area contributed by atoms with Crippen LogP contribution in [0.25, 0.3) is 11.0 Å². The summed E-state index contributed by atoms with van der Waals surface area (Å²) in [5, 5.41) is 9.61. The predicted octanol–water partition coefficient (Wildman–Crippen LogP) is 3.77. The third-order valence-corrected chi connectivity index (χ3v) is 6.85. The average Bonchev–Trinajstić information content (AvgIpc) is 3.30. The maximum atomic E-state index is 12.9. The van der Waals surface area contributed by atoms with Gasteiger partial charge in [0.1, 0.15) is 5.82 Å². The molecule has 36 heavy (non-hydrogen) atoms. The molecule has 3 aromatic rings. The first-order chi connectivity index (χ1) is 17.4. The molecule has 0 radical (unpaired) electrons. The summed E-state index contributed by atoms with van der Waals surface area (Å²) >= 11 is 1.65. The molecule has 10 nitrogen and oxygen atoms in total. The van der Waals surface area contributed by atoms with Crippen molar-refractivity contribution in [2.24, 2.45) is 0 Å². The molecule has 0 saturated carbocycles. The number of aromatic nitrogens is 4. The SMILES string of the molecule is COc1cc(C(=O)NCCn2ncc3c(N4CCCCC4)nc(SC(C)C)nc32)cc(OC)c1OC. The molecule has 0 bridgehead atoms. The minimum atomic E-state index is -0.245. The molecule has 0 unspecified atom stereocenters. The summed E-state index contributed by atoms with van der Waals surface area (Å²) < 4.78 is 17.9. The Bertz CT molecular complexity index is 1180. The number of carbonyl (C=O) groups is 1. The van der Waals surface area contributed by atoms with Crippen LogP contribution in [-0.2, 0) is 6.54 Å². The van der Waals surface area contributed by atoms with Crippen molar-refractivity contribution in [1.29, 1.82) is 0 Å². The van der Waals surface area contributed by atoms with Crippen LogP contribution < -0.4 is 24.4 Å². The number of thioether (sulfide) groups is 1. The van der Waals surface area contributed by atoms with Gasteiger partial charge in [0.15, 0.2) is 22.3 Å². The van der Waals surface area contributed by atoms with Crippen LogP contribution >= 0.6 is 11.8 Å². The Morgan fingerprint density at radius 1 is 1.06 bits per heavy atom. The van der Waals surface area contributed by atoms with Crippen LogP contribution in [0.4, 0.5) is 5.82 Å². The fourth-order valence-electron chi connectivity index (χ4n) is 4.28. The molecule has 194 valence electrons. The quantitative estimate of drug-likeness (QED) is 0.320. The molecule has 0 aliphatic carbocycles. The molecule has 1 N–H and O–H groups in total. The molecule has 0 atom stereocenters. The third kappa shape index (κ3) is 5.61. The Labute approximate surface area is 215 Å². The van der Waals surface area contributed by atoms with Gasteiger partial charge in [0.25, 0.3) is 5.91 Å². The number of fused-ring (bicyclic) bond motifs is 1.